The molecule has 0 N–H and O–H groups in total. The maximum atomic E-state index is 12.8. The number of allylic oxidation sites excluding steroid dienone is 2. The fourth-order valence-electron chi connectivity index (χ4n) is 9.04. The number of ether oxygens (including phenoxy) is 2. The van der Waals surface area contributed by atoms with Crippen molar-refractivity contribution in [3.63, 3.8) is 0 Å². The summed E-state index contributed by atoms with van der Waals surface area (Å²) in [6.07, 6.45) is 34.5. The van der Waals surface area contributed by atoms with Crippen molar-refractivity contribution in [1.82, 2.24) is 0 Å². The number of carbonyl (C=O) groups excluding carboxylic acids is 3. The highest BCUT2D eigenvalue weighted by Crippen LogP contribution is 2.46. The Hall–Kier alpha value is -1.30. The van der Waals surface area contributed by atoms with Gasteiger partial charge in [0, 0.05) is 31.4 Å². The van der Waals surface area contributed by atoms with Crippen LogP contribution in [0.4, 0.5) is 0 Å². The number of ketones is 1. The van der Waals surface area contributed by atoms with Crippen molar-refractivity contribution in [3.8, 4) is 0 Å². The van der Waals surface area contributed by atoms with Crippen LogP contribution in [0.1, 0.15) is 213 Å². The average Bonchev–Trinajstić information content (AvgIpc) is 3.16. The van der Waals surface area contributed by atoms with Gasteiger partial charge in [-0.05, 0) is 126 Å². The summed E-state index contributed by atoms with van der Waals surface area (Å²) >= 11 is 1.92. The van der Waals surface area contributed by atoms with Crippen molar-refractivity contribution >= 4 is 29.5 Å². The molecule has 0 aromatic heterocycles. The van der Waals surface area contributed by atoms with Crippen molar-refractivity contribution in [2.24, 2.45) is 17.8 Å². The van der Waals surface area contributed by atoms with Crippen LogP contribution < -0.4 is 0 Å². The third-order valence-electron chi connectivity index (χ3n) is 12.0. The van der Waals surface area contributed by atoms with E-state index < -0.39 is 0 Å². The smallest absolute Gasteiger partial charge is 0.306 e. The second-order valence-electron chi connectivity index (χ2n) is 16.4. The van der Waals surface area contributed by atoms with Crippen LogP contribution in [0.5, 0.6) is 0 Å². The largest absolute Gasteiger partial charge is 0.466 e. The molecule has 5 nitrogen and oxygen atoms in total. The molecule has 0 aromatic rings. The third kappa shape index (κ3) is 19.6. The first-order valence-electron chi connectivity index (χ1n) is 22.2. The molecule has 3 aliphatic rings. The molecule has 1 heterocycles. The third-order valence-corrected chi connectivity index (χ3v) is 13.2. The minimum absolute atomic E-state index is 0.0161. The van der Waals surface area contributed by atoms with Crippen molar-refractivity contribution in [3.05, 3.63) is 11.1 Å². The Labute approximate surface area is 318 Å². The van der Waals surface area contributed by atoms with Crippen molar-refractivity contribution in [1.29, 1.82) is 0 Å². The molecule has 1 fully saturated rings. The summed E-state index contributed by atoms with van der Waals surface area (Å²) in [7, 11) is 0. The summed E-state index contributed by atoms with van der Waals surface area (Å²) in [6, 6.07) is 0. The predicted octanol–water partition coefficient (Wildman–Crippen LogP) is 13.1. The van der Waals surface area contributed by atoms with Crippen molar-refractivity contribution in [2.75, 3.05) is 18.1 Å². The standard InChI is InChI=1S/C45H78O5S/c1-3-5-7-8-12-21-37(20-11-6-4-2)30-32-43(47)49-34-15-9-13-27-41(46)28-14-10-16-35-51-36-42-29-19-26-39-23-17-22-38-24-18-25-40(45(38)39)31-33-44(48)50-42/h37,39-40,42H,3-36H2,1-2H3. The van der Waals surface area contributed by atoms with Crippen LogP contribution in [0.2, 0.25) is 0 Å². The van der Waals surface area contributed by atoms with Crippen molar-refractivity contribution < 1.29 is 23.9 Å². The van der Waals surface area contributed by atoms with Crippen LogP contribution in [0.3, 0.4) is 0 Å². The van der Waals surface area contributed by atoms with E-state index in [9.17, 15) is 14.4 Å². The SMILES string of the molecule is CCCCCCCC(CCCCC)CCC(=O)OCCCCCC(=O)CCCCCSCC1CCCC2CCCC3=C2C(CCC3)CCC(=O)O1. The highest BCUT2D eigenvalue weighted by Gasteiger charge is 2.32. The summed E-state index contributed by atoms with van der Waals surface area (Å²) in [5, 5.41) is 0. The van der Waals surface area contributed by atoms with E-state index in [4.69, 9.17) is 9.47 Å². The van der Waals surface area contributed by atoms with E-state index in [1.54, 1.807) is 11.1 Å². The van der Waals surface area contributed by atoms with Gasteiger partial charge in [-0.1, -0.05) is 95.6 Å². The summed E-state index contributed by atoms with van der Waals surface area (Å²) < 4.78 is 11.6. The van der Waals surface area contributed by atoms with Gasteiger partial charge in [-0.3, -0.25) is 14.4 Å². The number of carbonyl (C=O) groups is 3. The van der Waals surface area contributed by atoms with Gasteiger partial charge in [-0.25, -0.2) is 0 Å². The first kappa shape index (κ1) is 44.1. The molecule has 0 spiro atoms. The van der Waals surface area contributed by atoms with Gasteiger partial charge in [-0.15, -0.1) is 0 Å². The highest BCUT2D eigenvalue weighted by atomic mass is 32.2. The molecule has 6 heteroatoms. The van der Waals surface area contributed by atoms with Crippen molar-refractivity contribution in [2.45, 2.75) is 219 Å². The Morgan fingerprint density at radius 2 is 1.31 bits per heavy atom. The van der Waals surface area contributed by atoms with Gasteiger partial charge in [-0.2, -0.15) is 11.8 Å². The van der Waals surface area contributed by atoms with Crippen LogP contribution in [-0.4, -0.2) is 41.9 Å². The molecule has 1 saturated heterocycles. The first-order valence-corrected chi connectivity index (χ1v) is 23.3. The Kier molecular flexibility index (Phi) is 24.4. The van der Waals surface area contributed by atoms with Gasteiger partial charge in [0.15, 0.2) is 0 Å². The lowest BCUT2D eigenvalue weighted by atomic mass is 9.68. The van der Waals surface area contributed by atoms with E-state index in [1.807, 2.05) is 11.8 Å². The summed E-state index contributed by atoms with van der Waals surface area (Å²) in [5.74, 6) is 4.37. The number of hydrogen-bond donors (Lipinski definition) is 0. The molecule has 4 unspecified atom stereocenters. The molecule has 0 bridgehead atoms. The van der Waals surface area contributed by atoms with Crippen LogP contribution in [0.15, 0.2) is 11.1 Å². The lowest BCUT2D eigenvalue weighted by Crippen LogP contribution is -2.23. The average molecular weight is 731 g/mol. The normalized spacial score (nSPS) is 21.8. The summed E-state index contributed by atoms with van der Waals surface area (Å²) in [6.45, 7) is 5.00. The zero-order valence-electron chi connectivity index (χ0n) is 33.3. The molecule has 0 aromatic carbocycles. The van der Waals surface area contributed by atoms with Crippen LogP contribution in [-0.2, 0) is 23.9 Å². The number of rotatable bonds is 27. The highest BCUT2D eigenvalue weighted by molar-refractivity contribution is 7.99. The lowest BCUT2D eigenvalue weighted by molar-refractivity contribution is -0.148. The number of cyclic esters (lactones) is 1. The Balaban J connectivity index is 1.16. The number of esters is 2. The predicted molar refractivity (Wildman–Crippen MR) is 215 cm³/mol. The quantitative estimate of drug-likeness (QED) is 0.0476. The van der Waals surface area contributed by atoms with Crippen LogP contribution in [0, 0.1) is 17.8 Å². The number of unbranched alkanes of at least 4 members (excludes halogenated alkanes) is 10. The fraction of sp³-hybridized carbons (Fsp3) is 0.889. The number of Topliss-reactive ketones (excluding diaryl/α,β-unsaturated/α-hetero) is 1. The molecule has 294 valence electrons. The minimum atomic E-state index is -0.0414. The van der Waals surface area contributed by atoms with E-state index in [0.29, 0.717) is 49.9 Å². The number of thioether (sulfide) groups is 1. The van der Waals surface area contributed by atoms with Crippen LogP contribution >= 0.6 is 11.8 Å². The maximum Gasteiger partial charge on any atom is 0.306 e. The monoisotopic (exact) mass is 731 g/mol. The summed E-state index contributed by atoms with van der Waals surface area (Å²) in [5.41, 5.74) is 3.54. The molecular weight excluding hydrogens is 653 g/mol. The van der Waals surface area contributed by atoms with Gasteiger partial charge >= 0.3 is 11.9 Å². The Bertz CT molecular complexity index is 987. The molecule has 1 aliphatic heterocycles. The second-order valence-corrected chi connectivity index (χ2v) is 17.5. The first-order chi connectivity index (χ1) is 25.0. The maximum absolute atomic E-state index is 12.8. The van der Waals surface area contributed by atoms with E-state index in [1.165, 1.54) is 116 Å². The van der Waals surface area contributed by atoms with E-state index in [0.717, 1.165) is 75.2 Å². The van der Waals surface area contributed by atoms with Gasteiger partial charge < -0.3 is 9.47 Å². The number of hydrogen-bond acceptors (Lipinski definition) is 6. The Morgan fingerprint density at radius 1 is 0.686 bits per heavy atom. The van der Waals surface area contributed by atoms with Gasteiger partial charge in [0.2, 0.25) is 0 Å². The molecule has 0 radical (unpaired) electrons. The lowest BCUT2D eigenvalue weighted by Gasteiger charge is -2.37. The molecule has 51 heavy (non-hydrogen) atoms. The summed E-state index contributed by atoms with van der Waals surface area (Å²) in [4.78, 5) is 37.6. The second kappa shape index (κ2) is 28.2. The van der Waals surface area contributed by atoms with Gasteiger partial charge in [0.1, 0.15) is 11.9 Å². The molecule has 2 aliphatic carbocycles. The minimum Gasteiger partial charge on any atom is -0.466 e. The zero-order chi connectivity index (χ0) is 36.4. The van der Waals surface area contributed by atoms with Gasteiger partial charge in [0.05, 0.1) is 6.61 Å². The van der Waals surface area contributed by atoms with E-state index in [2.05, 4.69) is 13.8 Å². The zero-order valence-corrected chi connectivity index (χ0v) is 34.1. The van der Waals surface area contributed by atoms with Gasteiger partial charge in [0.25, 0.3) is 0 Å². The molecule has 0 saturated carbocycles. The van der Waals surface area contributed by atoms with E-state index in [-0.39, 0.29) is 18.0 Å². The fourth-order valence-corrected chi connectivity index (χ4v) is 10.1. The Morgan fingerprint density at radius 3 is 2.06 bits per heavy atom. The molecular formula is C45H78O5S. The molecule has 0 amide bonds. The molecule has 3 rings (SSSR count). The van der Waals surface area contributed by atoms with E-state index >= 15 is 0 Å². The molecule has 4 atom stereocenters. The van der Waals surface area contributed by atoms with Crippen LogP contribution in [0.25, 0.3) is 0 Å². The topological polar surface area (TPSA) is 69.7 Å².